The van der Waals surface area contributed by atoms with Crippen LogP contribution in [0, 0.1) is 0 Å². The van der Waals surface area contributed by atoms with Gasteiger partial charge in [-0.25, -0.2) is 9.78 Å². The molecule has 0 aliphatic heterocycles. The molecule has 0 amide bonds. The first kappa shape index (κ1) is 11.7. The van der Waals surface area contributed by atoms with E-state index in [1.807, 2.05) is 0 Å². The number of pyridine rings is 1. The minimum atomic E-state index is -1.09. The van der Waals surface area contributed by atoms with Crippen LogP contribution >= 0.6 is 15.9 Å². The average Bonchev–Trinajstić information content (AvgIpc) is 2.80. The van der Waals surface area contributed by atoms with Crippen LogP contribution in [0.1, 0.15) is 16.1 Å². The lowest BCUT2D eigenvalue weighted by Crippen LogP contribution is -2.05. The van der Waals surface area contributed by atoms with Crippen LogP contribution in [0.25, 0.3) is 0 Å². The van der Waals surface area contributed by atoms with Crippen molar-refractivity contribution in [3.8, 4) is 5.88 Å². The SMILES string of the molecule is O=C(O)c1cc(Br)cnc1OCc1ccco1. The molecule has 88 valence electrons. The Hall–Kier alpha value is -1.82. The Morgan fingerprint density at radius 1 is 1.59 bits per heavy atom. The van der Waals surface area contributed by atoms with E-state index in [0.29, 0.717) is 10.2 Å². The van der Waals surface area contributed by atoms with Gasteiger partial charge in [-0.15, -0.1) is 0 Å². The van der Waals surface area contributed by atoms with Crippen LogP contribution in [-0.2, 0) is 6.61 Å². The first-order valence-corrected chi connectivity index (χ1v) is 5.50. The third-order valence-corrected chi connectivity index (χ3v) is 2.41. The van der Waals surface area contributed by atoms with Crippen LogP contribution in [0.5, 0.6) is 5.88 Å². The van der Waals surface area contributed by atoms with Crippen LogP contribution in [0.2, 0.25) is 0 Å². The zero-order valence-electron chi connectivity index (χ0n) is 8.59. The van der Waals surface area contributed by atoms with Crippen molar-refractivity contribution < 1.29 is 19.1 Å². The summed E-state index contributed by atoms with van der Waals surface area (Å²) in [5.41, 5.74) is 0.00549. The smallest absolute Gasteiger partial charge is 0.341 e. The summed E-state index contributed by atoms with van der Waals surface area (Å²) in [4.78, 5) is 14.9. The molecule has 0 fully saturated rings. The van der Waals surface area contributed by atoms with Crippen molar-refractivity contribution in [1.29, 1.82) is 0 Å². The molecule has 2 aromatic rings. The Kier molecular flexibility index (Phi) is 3.43. The predicted octanol–water partition coefficient (Wildman–Crippen LogP) is 2.71. The molecule has 0 saturated heterocycles. The minimum Gasteiger partial charge on any atom is -0.477 e. The fourth-order valence-corrected chi connectivity index (χ4v) is 1.56. The third-order valence-electron chi connectivity index (χ3n) is 1.98. The van der Waals surface area contributed by atoms with Gasteiger partial charge in [0.1, 0.15) is 17.9 Å². The summed E-state index contributed by atoms with van der Waals surface area (Å²) in [5, 5.41) is 8.98. The van der Waals surface area contributed by atoms with Crippen molar-refractivity contribution in [2.45, 2.75) is 6.61 Å². The van der Waals surface area contributed by atoms with Gasteiger partial charge in [0.2, 0.25) is 5.88 Å². The second kappa shape index (κ2) is 5.01. The van der Waals surface area contributed by atoms with Gasteiger partial charge in [-0.1, -0.05) is 0 Å². The largest absolute Gasteiger partial charge is 0.477 e. The zero-order valence-corrected chi connectivity index (χ0v) is 10.2. The van der Waals surface area contributed by atoms with Gasteiger partial charge in [-0.2, -0.15) is 0 Å². The number of aromatic carboxylic acids is 1. The van der Waals surface area contributed by atoms with Crippen molar-refractivity contribution in [2.75, 3.05) is 0 Å². The lowest BCUT2D eigenvalue weighted by molar-refractivity contribution is 0.0690. The standard InChI is InChI=1S/C11H8BrNO4/c12-7-4-9(11(14)15)10(13-5-7)17-6-8-2-1-3-16-8/h1-5H,6H2,(H,14,15). The molecule has 0 bridgehead atoms. The van der Waals surface area contributed by atoms with E-state index in [4.69, 9.17) is 14.3 Å². The van der Waals surface area contributed by atoms with Gasteiger partial charge in [0.05, 0.1) is 6.26 Å². The molecule has 0 unspecified atom stereocenters. The number of rotatable bonds is 4. The summed E-state index contributed by atoms with van der Waals surface area (Å²) in [6, 6.07) is 4.90. The lowest BCUT2D eigenvalue weighted by Gasteiger charge is -2.06. The molecule has 0 aromatic carbocycles. The Morgan fingerprint density at radius 3 is 3.06 bits per heavy atom. The monoisotopic (exact) mass is 297 g/mol. The summed E-state index contributed by atoms with van der Waals surface area (Å²) >= 11 is 3.15. The minimum absolute atomic E-state index is 0.00549. The number of carboxylic acids is 1. The van der Waals surface area contributed by atoms with Crippen LogP contribution < -0.4 is 4.74 Å². The van der Waals surface area contributed by atoms with Crippen molar-refractivity contribution in [2.24, 2.45) is 0 Å². The number of carboxylic acid groups (broad SMARTS) is 1. The molecule has 0 aliphatic rings. The van der Waals surface area contributed by atoms with E-state index < -0.39 is 5.97 Å². The lowest BCUT2D eigenvalue weighted by atomic mass is 10.3. The molecule has 17 heavy (non-hydrogen) atoms. The van der Waals surface area contributed by atoms with Gasteiger partial charge in [0, 0.05) is 10.7 Å². The maximum atomic E-state index is 11.0. The highest BCUT2D eigenvalue weighted by atomic mass is 79.9. The number of furan rings is 1. The quantitative estimate of drug-likeness (QED) is 0.939. The first-order chi connectivity index (χ1) is 8.16. The zero-order chi connectivity index (χ0) is 12.3. The molecule has 1 N–H and O–H groups in total. The van der Waals surface area contributed by atoms with Gasteiger partial charge in [0.15, 0.2) is 0 Å². The Labute approximate surface area is 105 Å². The fraction of sp³-hybridized carbons (Fsp3) is 0.0909. The first-order valence-electron chi connectivity index (χ1n) is 4.71. The van der Waals surface area contributed by atoms with Gasteiger partial charge in [0.25, 0.3) is 0 Å². The van der Waals surface area contributed by atoms with E-state index in [9.17, 15) is 4.79 Å². The van der Waals surface area contributed by atoms with Crippen LogP contribution in [0.3, 0.4) is 0 Å². The van der Waals surface area contributed by atoms with Crippen molar-refractivity contribution >= 4 is 21.9 Å². The topological polar surface area (TPSA) is 72.6 Å². The van der Waals surface area contributed by atoms with Crippen LogP contribution in [0.15, 0.2) is 39.5 Å². The molecule has 0 aliphatic carbocycles. The number of carbonyl (C=O) groups is 1. The van der Waals surface area contributed by atoms with Crippen molar-refractivity contribution in [3.05, 3.63) is 46.5 Å². The Balaban J connectivity index is 2.17. The number of hydrogen-bond acceptors (Lipinski definition) is 4. The molecule has 2 aromatic heterocycles. The number of aromatic nitrogens is 1. The predicted molar refractivity (Wildman–Crippen MR) is 61.9 cm³/mol. The highest BCUT2D eigenvalue weighted by Crippen LogP contribution is 2.21. The number of ether oxygens (including phenoxy) is 1. The van der Waals surface area contributed by atoms with E-state index in [1.54, 1.807) is 12.1 Å². The molecule has 0 spiro atoms. The Morgan fingerprint density at radius 2 is 2.41 bits per heavy atom. The van der Waals surface area contributed by atoms with E-state index in [2.05, 4.69) is 20.9 Å². The van der Waals surface area contributed by atoms with Gasteiger partial charge < -0.3 is 14.3 Å². The van der Waals surface area contributed by atoms with Crippen LogP contribution in [-0.4, -0.2) is 16.1 Å². The summed E-state index contributed by atoms with van der Waals surface area (Å²) in [6.45, 7) is 0.141. The van der Waals surface area contributed by atoms with Crippen molar-refractivity contribution in [1.82, 2.24) is 4.98 Å². The second-order valence-corrected chi connectivity index (χ2v) is 4.10. The number of hydrogen-bond donors (Lipinski definition) is 1. The maximum Gasteiger partial charge on any atom is 0.341 e. The molecule has 0 saturated carbocycles. The van der Waals surface area contributed by atoms with Crippen LogP contribution in [0.4, 0.5) is 0 Å². The van der Waals surface area contributed by atoms with Gasteiger partial charge >= 0.3 is 5.97 Å². The normalized spacial score (nSPS) is 10.2. The highest BCUT2D eigenvalue weighted by Gasteiger charge is 2.14. The summed E-state index contributed by atoms with van der Waals surface area (Å²) in [7, 11) is 0. The molecule has 6 heteroatoms. The average molecular weight is 298 g/mol. The highest BCUT2D eigenvalue weighted by molar-refractivity contribution is 9.10. The number of nitrogens with zero attached hydrogens (tertiary/aromatic N) is 1. The molecule has 2 heterocycles. The second-order valence-electron chi connectivity index (χ2n) is 3.18. The van der Waals surface area contributed by atoms with E-state index in [-0.39, 0.29) is 18.1 Å². The van der Waals surface area contributed by atoms with E-state index in [1.165, 1.54) is 18.5 Å². The molecular weight excluding hydrogens is 290 g/mol. The molecular formula is C11H8BrNO4. The van der Waals surface area contributed by atoms with E-state index >= 15 is 0 Å². The molecule has 2 rings (SSSR count). The van der Waals surface area contributed by atoms with Gasteiger partial charge in [-0.05, 0) is 34.1 Å². The van der Waals surface area contributed by atoms with E-state index in [0.717, 1.165) is 0 Å². The molecule has 0 radical (unpaired) electrons. The summed E-state index contributed by atoms with van der Waals surface area (Å²) in [5.74, 6) is -0.420. The van der Waals surface area contributed by atoms with Gasteiger partial charge in [-0.3, -0.25) is 0 Å². The summed E-state index contributed by atoms with van der Waals surface area (Å²) < 4.78 is 10.9. The summed E-state index contributed by atoms with van der Waals surface area (Å²) in [6.07, 6.45) is 3.00. The molecule has 5 nitrogen and oxygen atoms in total. The maximum absolute atomic E-state index is 11.0. The molecule has 0 atom stereocenters. The Bertz CT molecular complexity index is 524. The third kappa shape index (κ3) is 2.85. The number of halogens is 1. The fourth-order valence-electron chi connectivity index (χ4n) is 1.23. The van der Waals surface area contributed by atoms with Crippen molar-refractivity contribution in [3.63, 3.8) is 0 Å².